The van der Waals surface area contributed by atoms with Gasteiger partial charge in [-0.15, -0.1) is 0 Å². The van der Waals surface area contributed by atoms with Gasteiger partial charge in [0.2, 0.25) is 11.8 Å². The van der Waals surface area contributed by atoms with E-state index in [1.807, 2.05) is 0 Å². The standard InChI is InChI=1S/C11H19N3O4/c1-7(15)13-9(11(17)18-3)6-12-8-4-5-14(2)10(8)16/h8-9,12H,4-6H2,1-3H3,(H,13,15). The monoisotopic (exact) mass is 257 g/mol. The minimum absolute atomic E-state index is 0.00133. The fraction of sp³-hybridized carbons (Fsp3) is 0.727. The van der Waals surface area contributed by atoms with Gasteiger partial charge in [0.15, 0.2) is 0 Å². The second-order valence-corrected chi connectivity index (χ2v) is 4.29. The molecular formula is C11H19N3O4. The van der Waals surface area contributed by atoms with Crippen molar-refractivity contribution in [1.29, 1.82) is 0 Å². The number of nitrogens with one attached hydrogen (secondary N) is 2. The number of nitrogens with zero attached hydrogens (tertiary/aromatic N) is 1. The Morgan fingerprint density at radius 1 is 1.56 bits per heavy atom. The summed E-state index contributed by atoms with van der Waals surface area (Å²) in [6.07, 6.45) is 0.698. The minimum atomic E-state index is -0.772. The highest BCUT2D eigenvalue weighted by atomic mass is 16.5. The summed E-state index contributed by atoms with van der Waals surface area (Å²) in [5.41, 5.74) is 0. The van der Waals surface area contributed by atoms with Gasteiger partial charge >= 0.3 is 5.97 Å². The van der Waals surface area contributed by atoms with Gasteiger partial charge < -0.3 is 20.3 Å². The molecule has 1 aliphatic rings. The molecule has 7 nitrogen and oxygen atoms in total. The molecule has 2 atom stereocenters. The molecule has 2 N–H and O–H groups in total. The van der Waals surface area contributed by atoms with E-state index in [9.17, 15) is 14.4 Å². The van der Waals surface area contributed by atoms with Crippen LogP contribution >= 0.6 is 0 Å². The largest absolute Gasteiger partial charge is 0.467 e. The third kappa shape index (κ3) is 3.69. The molecular weight excluding hydrogens is 238 g/mol. The van der Waals surface area contributed by atoms with Crippen LogP contribution in [0.15, 0.2) is 0 Å². The van der Waals surface area contributed by atoms with E-state index in [0.717, 1.165) is 0 Å². The smallest absolute Gasteiger partial charge is 0.329 e. The topological polar surface area (TPSA) is 87.7 Å². The van der Waals surface area contributed by atoms with E-state index in [1.165, 1.54) is 14.0 Å². The molecule has 1 fully saturated rings. The third-order valence-corrected chi connectivity index (χ3v) is 2.86. The molecule has 2 amide bonds. The van der Waals surface area contributed by atoms with Crippen molar-refractivity contribution in [2.45, 2.75) is 25.4 Å². The van der Waals surface area contributed by atoms with Gasteiger partial charge in [-0.25, -0.2) is 4.79 Å². The summed E-state index contributed by atoms with van der Waals surface area (Å²) in [6, 6.07) is -1.07. The van der Waals surface area contributed by atoms with Crippen molar-refractivity contribution in [1.82, 2.24) is 15.5 Å². The first-order chi connectivity index (χ1) is 8.45. The highest BCUT2D eigenvalue weighted by Gasteiger charge is 2.30. The zero-order chi connectivity index (χ0) is 13.7. The first kappa shape index (κ1) is 14.4. The summed E-state index contributed by atoms with van der Waals surface area (Å²) in [5, 5.41) is 5.46. The van der Waals surface area contributed by atoms with Crippen LogP contribution in [-0.2, 0) is 19.1 Å². The van der Waals surface area contributed by atoms with E-state index in [-0.39, 0.29) is 24.4 Å². The Labute approximate surface area is 106 Å². The Kier molecular flexibility index (Phi) is 5.08. The van der Waals surface area contributed by atoms with Crippen molar-refractivity contribution < 1.29 is 19.1 Å². The molecule has 0 bridgehead atoms. The molecule has 0 saturated carbocycles. The summed E-state index contributed by atoms with van der Waals surface area (Å²) >= 11 is 0. The van der Waals surface area contributed by atoms with E-state index in [2.05, 4.69) is 15.4 Å². The van der Waals surface area contributed by atoms with Gasteiger partial charge in [0.25, 0.3) is 0 Å². The second-order valence-electron chi connectivity index (χ2n) is 4.29. The van der Waals surface area contributed by atoms with Crippen LogP contribution in [-0.4, -0.2) is 62.0 Å². The molecule has 0 spiro atoms. The summed E-state index contributed by atoms with van der Waals surface area (Å²) in [5.74, 6) is -0.847. The normalized spacial score (nSPS) is 20.7. The van der Waals surface area contributed by atoms with Crippen LogP contribution in [0.25, 0.3) is 0 Å². The van der Waals surface area contributed by atoms with Gasteiger partial charge in [0.05, 0.1) is 13.2 Å². The maximum Gasteiger partial charge on any atom is 0.329 e. The van der Waals surface area contributed by atoms with Crippen LogP contribution in [0, 0.1) is 0 Å². The van der Waals surface area contributed by atoms with E-state index < -0.39 is 12.0 Å². The first-order valence-electron chi connectivity index (χ1n) is 5.79. The van der Waals surface area contributed by atoms with Crippen LogP contribution < -0.4 is 10.6 Å². The van der Waals surface area contributed by atoms with Crippen molar-refractivity contribution in [2.24, 2.45) is 0 Å². The lowest BCUT2D eigenvalue weighted by Gasteiger charge is -2.18. The Balaban J connectivity index is 2.49. The number of methoxy groups -OCH3 is 1. The van der Waals surface area contributed by atoms with Gasteiger partial charge in [0, 0.05) is 27.1 Å². The quantitative estimate of drug-likeness (QED) is 0.584. The summed E-state index contributed by atoms with van der Waals surface area (Å²) in [7, 11) is 2.99. The number of hydrogen-bond donors (Lipinski definition) is 2. The van der Waals surface area contributed by atoms with E-state index in [0.29, 0.717) is 13.0 Å². The average Bonchev–Trinajstić information content (AvgIpc) is 2.64. The molecule has 0 aliphatic carbocycles. The number of carbonyl (C=O) groups is 3. The number of esters is 1. The van der Waals surface area contributed by atoms with Gasteiger partial charge in [-0.05, 0) is 6.42 Å². The molecule has 102 valence electrons. The summed E-state index contributed by atoms with van der Waals surface area (Å²) in [6.45, 7) is 2.19. The Bertz CT molecular complexity index is 345. The Hall–Kier alpha value is -1.63. The summed E-state index contributed by atoms with van der Waals surface area (Å²) in [4.78, 5) is 35.7. The molecule has 1 rings (SSSR count). The van der Waals surface area contributed by atoms with Crippen LogP contribution in [0.4, 0.5) is 0 Å². The number of likely N-dealkylation sites (tertiary alicyclic amines) is 1. The lowest BCUT2D eigenvalue weighted by atomic mass is 10.2. The second kappa shape index (κ2) is 6.34. The number of amides is 2. The van der Waals surface area contributed by atoms with Crippen molar-refractivity contribution in [3.8, 4) is 0 Å². The number of likely N-dealkylation sites (N-methyl/N-ethyl adjacent to an activating group) is 1. The molecule has 0 radical (unpaired) electrons. The lowest BCUT2D eigenvalue weighted by molar-refractivity contribution is -0.144. The predicted molar refractivity (Wildman–Crippen MR) is 63.7 cm³/mol. The van der Waals surface area contributed by atoms with Gasteiger partial charge in [-0.2, -0.15) is 0 Å². The Morgan fingerprint density at radius 3 is 2.67 bits per heavy atom. The van der Waals surface area contributed by atoms with Crippen molar-refractivity contribution in [2.75, 3.05) is 27.2 Å². The molecule has 18 heavy (non-hydrogen) atoms. The van der Waals surface area contributed by atoms with Gasteiger partial charge in [0.1, 0.15) is 6.04 Å². The van der Waals surface area contributed by atoms with Crippen LogP contribution in [0.2, 0.25) is 0 Å². The zero-order valence-electron chi connectivity index (χ0n) is 10.9. The van der Waals surface area contributed by atoms with Crippen molar-refractivity contribution in [3.05, 3.63) is 0 Å². The van der Waals surface area contributed by atoms with Gasteiger partial charge in [-0.1, -0.05) is 0 Å². The van der Waals surface area contributed by atoms with E-state index in [1.54, 1.807) is 11.9 Å². The van der Waals surface area contributed by atoms with E-state index >= 15 is 0 Å². The molecule has 7 heteroatoms. The van der Waals surface area contributed by atoms with Crippen molar-refractivity contribution in [3.63, 3.8) is 0 Å². The van der Waals surface area contributed by atoms with Crippen LogP contribution in [0.1, 0.15) is 13.3 Å². The number of ether oxygens (including phenoxy) is 1. The first-order valence-corrected chi connectivity index (χ1v) is 5.79. The van der Waals surface area contributed by atoms with E-state index in [4.69, 9.17) is 0 Å². The van der Waals surface area contributed by atoms with Crippen LogP contribution in [0.5, 0.6) is 0 Å². The van der Waals surface area contributed by atoms with Gasteiger partial charge in [-0.3, -0.25) is 9.59 Å². The number of rotatable bonds is 5. The van der Waals surface area contributed by atoms with Crippen molar-refractivity contribution >= 4 is 17.8 Å². The molecule has 2 unspecified atom stereocenters. The highest BCUT2D eigenvalue weighted by molar-refractivity contribution is 5.85. The predicted octanol–water partition coefficient (Wildman–Crippen LogP) is -1.52. The molecule has 1 aliphatic heterocycles. The maximum atomic E-state index is 11.6. The molecule has 0 aromatic heterocycles. The third-order valence-electron chi connectivity index (χ3n) is 2.86. The lowest BCUT2D eigenvalue weighted by Crippen LogP contribution is -2.50. The summed E-state index contributed by atoms with van der Waals surface area (Å²) < 4.78 is 4.59. The minimum Gasteiger partial charge on any atom is -0.467 e. The Morgan fingerprint density at radius 2 is 2.22 bits per heavy atom. The molecule has 0 aromatic carbocycles. The van der Waals surface area contributed by atoms with Crippen LogP contribution in [0.3, 0.4) is 0 Å². The number of hydrogen-bond acceptors (Lipinski definition) is 5. The molecule has 1 heterocycles. The molecule has 1 saturated heterocycles. The fourth-order valence-electron chi connectivity index (χ4n) is 1.85. The number of carbonyl (C=O) groups excluding carboxylic acids is 3. The average molecular weight is 257 g/mol. The maximum absolute atomic E-state index is 11.6. The SMILES string of the molecule is COC(=O)C(CNC1CCN(C)C1=O)NC(C)=O. The zero-order valence-corrected chi connectivity index (χ0v) is 10.9. The fourth-order valence-corrected chi connectivity index (χ4v) is 1.85. The highest BCUT2D eigenvalue weighted by Crippen LogP contribution is 2.08. The molecule has 0 aromatic rings.